The van der Waals surface area contributed by atoms with Crippen LogP contribution in [0.1, 0.15) is 11.1 Å². The topological polar surface area (TPSA) is 105 Å². The highest BCUT2D eigenvalue weighted by molar-refractivity contribution is 7.92. The predicted molar refractivity (Wildman–Crippen MR) is 145 cm³/mol. The third kappa shape index (κ3) is 6.63. The van der Waals surface area contributed by atoms with Crippen molar-refractivity contribution in [3.63, 3.8) is 0 Å². The van der Waals surface area contributed by atoms with Gasteiger partial charge in [-0.15, -0.1) is 0 Å². The Hall–Kier alpha value is -4.05. The van der Waals surface area contributed by atoms with Gasteiger partial charge in [0.05, 0.1) is 11.9 Å². The molecule has 2 amide bonds. The van der Waals surface area contributed by atoms with Crippen molar-refractivity contribution in [1.29, 1.82) is 0 Å². The van der Waals surface area contributed by atoms with E-state index in [1.54, 1.807) is 18.2 Å². The van der Waals surface area contributed by atoms with E-state index in [2.05, 4.69) is 5.32 Å². The van der Waals surface area contributed by atoms with Crippen molar-refractivity contribution in [2.45, 2.75) is 19.0 Å². The molecule has 200 valence electrons. The van der Waals surface area contributed by atoms with Crippen molar-refractivity contribution >= 4 is 27.5 Å². The average molecular weight is 538 g/mol. The van der Waals surface area contributed by atoms with E-state index in [0.29, 0.717) is 24.7 Å². The van der Waals surface area contributed by atoms with Gasteiger partial charge in [0.2, 0.25) is 21.8 Å². The quantitative estimate of drug-likeness (QED) is 0.426. The van der Waals surface area contributed by atoms with Crippen LogP contribution in [0.25, 0.3) is 0 Å². The number of carbonyl (C=O) groups is 2. The van der Waals surface area contributed by atoms with E-state index in [9.17, 15) is 18.0 Å². The van der Waals surface area contributed by atoms with Crippen LogP contribution in [0.4, 0.5) is 5.69 Å². The molecule has 9 nitrogen and oxygen atoms in total. The molecule has 0 aromatic heterocycles. The van der Waals surface area contributed by atoms with Gasteiger partial charge in [-0.1, -0.05) is 60.7 Å². The van der Waals surface area contributed by atoms with Crippen molar-refractivity contribution in [3.8, 4) is 11.5 Å². The number of hydrogen-bond donors (Lipinski definition) is 1. The summed E-state index contributed by atoms with van der Waals surface area (Å²) >= 11 is 0. The summed E-state index contributed by atoms with van der Waals surface area (Å²) in [5.41, 5.74) is 1.95. The number of ether oxygens (including phenoxy) is 2. The Morgan fingerprint density at radius 2 is 1.50 bits per heavy atom. The fraction of sp³-hybridized carbons (Fsp3) is 0.286. The lowest BCUT2D eigenvalue weighted by Crippen LogP contribution is -2.52. The van der Waals surface area contributed by atoms with Gasteiger partial charge in [0.15, 0.2) is 11.5 Å². The normalized spacial score (nSPS) is 13.3. The summed E-state index contributed by atoms with van der Waals surface area (Å²) in [5.74, 6) is 0.0541. The lowest BCUT2D eigenvalue weighted by molar-refractivity contribution is -0.139. The van der Waals surface area contributed by atoms with Crippen molar-refractivity contribution in [1.82, 2.24) is 10.2 Å². The third-order valence-electron chi connectivity index (χ3n) is 6.21. The predicted octanol–water partition coefficient (Wildman–Crippen LogP) is 2.61. The maximum atomic E-state index is 13.9. The Kier molecular flexibility index (Phi) is 8.52. The number of anilines is 1. The number of likely N-dealkylation sites (N-methyl/N-ethyl adjacent to an activating group) is 1. The highest BCUT2D eigenvalue weighted by atomic mass is 32.2. The fourth-order valence-electron chi connectivity index (χ4n) is 4.30. The van der Waals surface area contributed by atoms with Gasteiger partial charge in [0.25, 0.3) is 0 Å². The van der Waals surface area contributed by atoms with Gasteiger partial charge >= 0.3 is 0 Å². The number of hydrogen-bond acceptors (Lipinski definition) is 6. The van der Waals surface area contributed by atoms with Gasteiger partial charge in [-0.05, 0) is 23.3 Å². The zero-order valence-electron chi connectivity index (χ0n) is 21.4. The number of nitrogens with zero attached hydrogens (tertiary/aromatic N) is 2. The Bertz CT molecular complexity index is 1370. The molecule has 1 unspecified atom stereocenters. The number of rotatable bonds is 10. The van der Waals surface area contributed by atoms with Crippen molar-refractivity contribution in [2.24, 2.45) is 0 Å². The van der Waals surface area contributed by atoms with Crippen LogP contribution < -0.4 is 19.1 Å². The molecule has 1 aliphatic rings. The Morgan fingerprint density at radius 3 is 2.11 bits per heavy atom. The standard InChI is InChI=1S/C28H31N3O6S/c1-29-28(33)24(17-21-9-5-3-6-10-21)30(19-22-11-7-4-8-12-22)27(32)20-31(38(2,34)35)23-13-14-25-26(18-23)37-16-15-36-25/h3-14,18,24H,15-17,19-20H2,1-2H3,(H,29,33). The minimum Gasteiger partial charge on any atom is -0.486 e. The second-order valence-corrected chi connectivity index (χ2v) is 10.8. The molecule has 4 rings (SSSR count). The van der Waals surface area contributed by atoms with Crippen LogP contribution in [-0.2, 0) is 32.6 Å². The van der Waals surface area contributed by atoms with Crippen LogP contribution in [-0.4, -0.2) is 64.2 Å². The molecule has 0 fully saturated rings. The summed E-state index contributed by atoms with van der Waals surface area (Å²) in [6, 6.07) is 22.5. The first-order chi connectivity index (χ1) is 18.3. The van der Waals surface area contributed by atoms with E-state index in [0.717, 1.165) is 21.7 Å². The van der Waals surface area contributed by atoms with E-state index in [-0.39, 0.29) is 24.6 Å². The monoisotopic (exact) mass is 537 g/mol. The summed E-state index contributed by atoms with van der Waals surface area (Å²) in [6.45, 7) is 0.376. The molecular weight excluding hydrogens is 506 g/mol. The van der Waals surface area contributed by atoms with E-state index in [1.165, 1.54) is 11.9 Å². The lowest BCUT2D eigenvalue weighted by atomic mass is 10.0. The molecule has 3 aromatic carbocycles. The van der Waals surface area contributed by atoms with Gasteiger partial charge in [-0.3, -0.25) is 13.9 Å². The minimum absolute atomic E-state index is 0.128. The molecular formula is C28H31N3O6S. The van der Waals surface area contributed by atoms with Crippen LogP contribution >= 0.6 is 0 Å². The molecule has 1 N–H and O–H groups in total. The molecule has 0 bridgehead atoms. The molecule has 1 atom stereocenters. The zero-order valence-corrected chi connectivity index (χ0v) is 22.2. The molecule has 38 heavy (non-hydrogen) atoms. The molecule has 0 spiro atoms. The van der Waals surface area contributed by atoms with Crippen LogP contribution in [0.5, 0.6) is 11.5 Å². The lowest BCUT2D eigenvalue weighted by Gasteiger charge is -2.33. The summed E-state index contributed by atoms with van der Waals surface area (Å²) in [4.78, 5) is 28.4. The SMILES string of the molecule is CNC(=O)C(Cc1ccccc1)N(Cc1ccccc1)C(=O)CN(c1ccc2c(c1)OCCO2)S(C)(=O)=O. The summed E-state index contributed by atoms with van der Waals surface area (Å²) in [6.07, 6.45) is 1.31. The van der Waals surface area contributed by atoms with Gasteiger partial charge in [0, 0.05) is 26.1 Å². The Balaban J connectivity index is 1.69. The number of amides is 2. The highest BCUT2D eigenvalue weighted by Gasteiger charge is 2.33. The van der Waals surface area contributed by atoms with Crippen molar-refractivity contribution in [2.75, 3.05) is 37.4 Å². The van der Waals surface area contributed by atoms with Gasteiger partial charge in [0.1, 0.15) is 25.8 Å². The number of nitrogens with one attached hydrogen (secondary N) is 1. The van der Waals surface area contributed by atoms with Crippen LogP contribution in [0.2, 0.25) is 0 Å². The average Bonchev–Trinajstić information content (AvgIpc) is 2.93. The van der Waals surface area contributed by atoms with E-state index in [1.807, 2.05) is 60.7 Å². The largest absolute Gasteiger partial charge is 0.486 e. The van der Waals surface area contributed by atoms with E-state index in [4.69, 9.17) is 9.47 Å². The molecule has 3 aromatic rings. The second-order valence-electron chi connectivity index (χ2n) is 8.92. The summed E-state index contributed by atoms with van der Waals surface area (Å²) < 4.78 is 37.9. The van der Waals surface area contributed by atoms with Gasteiger partial charge in [-0.25, -0.2) is 8.42 Å². The first-order valence-corrected chi connectivity index (χ1v) is 14.1. The molecule has 1 aliphatic heterocycles. The number of carbonyl (C=O) groups excluding carboxylic acids is 2. The Morgan fingerprint density at radius 1 is 0.895 bits per heavy atom. The van der Waals surface area contributed by atoms with Crippen molar-refractivity contribution in [3.05, 3.63) is 90.0 Å². The summed E-state index contributed by atoms with van der Waals surface area (Å²) in [7, 11) is -2.35. The molecule has 0 aliphatic carbocycles. The smallest absolute Gasteiger partial charge is 0.244 e. The number of fused-ring (bicyclic) bond motifs is 1. The van der Waals surface area contributed by atoms with E-state index >= 15 is 0 Å². The Labute approximate surface area is 223 Å². The minimum atomic E-state index is -3.87. The third-order valence-corrected chi connectivity index (χ3v) is 7.35. The van der Waals surface area contributed by atoms with E-state index < -0.39 is 28.5 Å². The van der Waals surface area contributed by atoms with Crippen LogP contribution in [0.15, 0.2) is 78.9 Å². The molecule has 0 radical (unpaired) electrons. The number of benzene rings is 3. The first-order valence-electron chi connectivity index (χ1n) is 12.2. The second kappa shape index (κ2) is 12.0. The van der Waals surface area contributed by atoms with Crippen molar-refractivity contribution < 1.29 is 27.5 Å². The fourth-order valence-corrected chi connectivity index (χ4v) is 5.14. The zero-order chi connectivity index (χ0) is 27.1. The maximum Gasteiger partial charge on any atom is 0.244 e. The van der Waals surface area contributed by atoms with Crippen LogP contribution in [0.3, 0.4) is 0 Å². The maximum absolute atomic E-state index is 13.9. The van der Waals surface area contributed by atoms with Gasteiger partial charge < -0.3 is 19.7 Å². The number of sulfonamides is 1. The first kappa shape index (κ1) is 27.0. The van der Waals surface area contributed by atoms with Gasteiger partial charge in [-0.2, -0.15) is 0 Å². The molecule has 10 heteroatoms. The molecule has 1 heterocycles. The van der Waals surface area contributed by atoms with Crippen LogP contribution in [0, 0.1) is 0 Å². The summed E-state index contributed by atoms with van der Waals surface area (Å²) in [5, 5.41) is 2.66. The highest BCUT2D eigenvalue weighted by Crippen LogP contribution is 2.34. The molecule has 0 saturated carbocycles. The molecule has 0 saturated heterocycles.